The first-order chi connectivity index (χ1) is 21.7. The Morgan fingerprint density at radius 1 is 0.250 bits per heavy atom. The molecule has 12 heteroatoms. The third-order valence-corrected chi connectivity index (χ3v) is 12.0. The highest BCUT2D eigenvalue weighted by atomic mass is 16.7. The molecule has 2 aromatic carbocycles. The van der Waals surface area contributed by atoms with Crippen molar-refractivity contribution in [3.8, 4) is 0 Å². The molecular formula is C36H56B4O8. The fourth-order valence-corrected chi connectivity index (χ4v) is 5.54. The van der Waals surface area contributed by atoms with Gasteiger partial charge in [0.2, 0.25) is 0 Å². The first kappa shape index (κ1) is 37.6. The summed E-state index contributed by atoms with van der Waals surface area (Å²) >= 11 is 0. The minimum atomic E-state index is -0.345. The summed E-state index contributed by atoms with van der Waals surface area (Å²) in [5, 5.41) is 0. The van der Waals surface area contributed by atoms with Crippen LogP contribution in [0.1, 0.15) is 111 Å². The van der Waals surface area contributed by atoms with Crippen molar-refractivity contribution in [1.82, 2.24) is 0 Å². The zero-order chi connectivity index (χ0) is 35.9. The van der Waals surface area contributed by atoms with Crippen LogP contribution in [0, 0.1) is 0 Å². The van der Waals surface area contributed by atoms with Crippen molar-refractivity contribution in [2.24, 2.45) is 0 Å². The first-order valence-electron chi connectivity index (χ1n) is 17.3. The van der Waals surface area contributed by atoms with Gasteiger partial charge in [0.05, 0.1) is 44.8 Å². The maximum atomic E-state index is 6.10. The van der Waals surface area contributed by atoms with Crippen molar-refractivity contribution < 1.29 is 37.2 Å². The predicted octanol–water partition coefficient (Wildman–Crippen LogP) is 4.57. The van der Waals surface area contributed by atoms with E-state index in [1.165, 1.54) is 0 Å². The van der Waals surface area contributed by atoms with Gasteiger partial charge in [0.1, 0.15) is 0 Å². The smallest absolute Gasteiger partial charge is 0.399 e. The minimum absolute atomic E-state index is 0.331. The van der Waals surface area contributed by atoms with E-state index in [1.54, 1.807) is 0 Å². The molecule has 0 N–H and O–H groups in total. The molecule has 4 aliphatic rings. The van der Waals surface area contributed by atoms with E-state index in [0.717, 1.165) is 21.9 Å². The molecule has 8 nitrogen and oxygen atoms in total. The molecule has 4 heterocycles. The summed E-state index contributed by atoms with van der Waals surface area (Å²) in [6, 6.07) is 16.2. The Morgan fingerprint density at radius 3 is 0.458 bits per heavy atom. The van der Waals surface area contributed by atoms with Gasteiger partial charge in [-0.15, -0.1) is 0 Å². The van der Waals surface area contributed by atoms with Crippen LogP contribution in [0.5, 0.6) is 0 Å². The third-order valence-electron chi connectivity index (χ3n) is 12.0. The van der Waals surface area contributed by atoms with Crippen LogP contribution >= 0.6 is 0 Å². The molecule has 4 saturated heterocycles. The Kier molecular flexibility index (Phi) is 9.39. The van der Waals surface area contributed by atoms with Crippen LogP contribution in [-0.4, -0.2) is 73.3 Å². The van der Waals surface area contributed by atoms with Crippen LogP contribution in [0.3, 0.4) is 0 Å². The summed E-state index contributed by atoms with van der Waals surface area (Å²) in [6.45, 7) is 33.0. The Balaban J connectivity index is 0.000000188. The van der Waals surface area contributed by atoms with E-state index in [1.807, 2.05) is 48.5 Å². The lowest BCUT2D eigenvalue weighted by atomic mass is 9.74. The first-order valence-corrected chi connectivity index (χ1v) is 17.3. The van der Waals surface area contributed by atoms with Gasteiger partial charge in [0, 0.05) is 0 Å². The van der Waals surface area contributed by atoms with Crippen molar-refractivity contribution in [3.05, 3.63) is 48.5 Å². The van der Waals surface area contributed by atoms with E-state index in [4.69, 9.17) is 37.2 Å². The molecule has 0 saturated carbocycles. The molecule has 0 radical (unpaired) electrons. The SMILES string of the molecule is CC1(C)OB(c2ccc(B3OC(C)(C)C(C)(C)O3)cc2)OC1(C)C.CC1(C)OB(c2ccc(B3OC(C)(C)C(C)(C)O3)cc2)OC1(C)C. The van der Waals surface area contributed by atoms with Crippen LogP contribution in [0.4, 0.5) is 0 Å². The lowest BCUT2D eigenvalue weighted by Crippen LogP contribution is -2.41. The van der Waals surface area contributed by atoms with Gasteiger partial charge in [-0.2, -0.15) is 0 Å². The molecule has 0 amide bonds. The average Bonchev–Trinajstić information content (AvgIpc) is 3.50. The summed E-state index contributed by atoms with van der Waals surface area (Å²) in [5.41, 5.74) is 1.38. The molecule has 0 aliphatic carbocycles. The van der Waals surface area contributed by atoms with Crippen LogP contribution in [0.2, 0.25) is 0 Å². The monoisotopic (exact) mass is 660 g/mol. The van der Waals surface area contributed by atoms with E-state index < -0.39 is 0 Å². The molecule has 4 fully saturated rings. The summed E-state index contributed by atoms with van der Waals surface area (Å²) < 4.78 is 48.8. The zero-order valence-electron chi connectivity index (χ0n) is 32.2. The van der Waals surface area contributed by atoms with E-state index in [2.05, 4.69) is 111 Å². The Bertz CT molecular complexity index is 1180. The molecule has 0 spiro atoms. The topological polar surface area (TPSA) is 73.8 Å². The van der Waals surface area contributed by atoms with Gasteiger partial charge in [-0.25, -0.2) is 0 Å². The number of hydrogen-bond donors (Lipinski definition) is 0. The fraction of sp³-hybridized carbons (Fsp3) is 0.667. The van der Waals surface area contributed by atoms with E-state index >= 15 is 0 Å². The minimum Gasteiger partial charge on any atom is -0.399 e. The fourth-order valence-electron chi connectivity index (χ4n) is 5.54. The number of rotatable bonds is 4. The Labute approximate surface area is 291 Å². The summed E-state index contributed by atoms with van der Waals surface area (Å²) in [6.07, 6.45) is 0. The van der Waals surface area contributed by atoms with E-state index in [0.29, 0.717) is 0 Å². The van der Waals surface area contributed by atoms with Crippen LogP contribution in [0.15, 0.2) is 48.5 Å². The second kappa shape index (κ2) is 12.0. The second-order valence-corrected chi connectivity index (χ2v) is 17.7. The van der Waals surface area contributed by atoms with Crippen molar-refractivity contribution in [2.75, 3.05) is 0 Å². The van der Waals surface area contributed by atoms with Crippen molar-refractivity contribution in [2.45, 2.75) is 156 Å². The summed E-state index contributed by atoms with van der Waals surface area (Å²) in [4.78, 5) is 0. The lowest BCUT2D eigenvalue weighted by Gasteiger charge is -2.32. The lowest BCUT2D eigenvalue weighted by molar-refractivity contribution is 0.00578. The third kappa shape index (κ3) is 6.85. The molecule has 260 valence electrons. The Morgan fingerprint density at radius 2 is 0.354 bits per heavy atom. The molecule has 2 aromatic rings. The Hall–Kier alpha value is -1.62. The van der Waals surface area contributed by atoms with E-state index in [9.17, 15) is 0 Å². The largest absolute Gasteiger partial charge is 0.494 e. The highest BCUT2D eigenvalue weighted by molar-refractivity contribution is 6.65. The number of benzene rings is 2. The van der Waals surface area contributed by atoms with Gasteiger partial charge in [-0.05, 0) is 133 Å². The van der Waals surface area contributed by atoms with Crippen molar-refractivity contribution >= 4 is 50.3 Å². The van der Waals surface area contributed by atoms with Crippen LogP contribution < -0.4 is 21.9 Å². The molecule has 4 aliphatic heterocycles. The second-order valence-electron chi connectivity index (χ2n) is 17.7. The van der Waals surface area contributed by atoms with Gasteiger partial charge >= 0.3 is 28.5 Å². The normalized spacial score (nSPS) is 26.8. The quantitative estimate of drug-likeness (QED) is 0.443. The van der Waals surface area contributed by atoms with Gasteiger partial charge in [0.25, 0.3) is 0 Å². The van der Waals surface area contributed by atoms with Gasteiger partial charge in [-0.3, -0.25) is 0 Å². The van der Waals surface area contributed by atoms with Crippen LogP contribution in [-0.2, 0) is 37.2 Å². The standard InChI is InChI=1S/2C18H28B2O4/c2*1-15(2)16(3,4)22-19(21-15)13-9-11-14(12-10-13)20-23-17(5,6)18(7,8)24-20/h2*9-12H,1-8H3. The van der Waals surface area contributed by atoms with Gasteiger partial charge < -0.3 is 37.2 Å². The van der Waals surface area contributed by atoms with Crippen molar-refractivity contribution in [1.29, 1.82) is 0 Å². The summed E-state index contributed by atoms with van der Waals surface area (Å²) in [5.74, 6) is 0. The maximum Gasteiger partial charge on any atom is 0.494 e. The molecule has 48 heavy (non-hydrogen) atoms. The highest BCUT2D eigenvalue weighted by Gasteiger charge is 2.55. The van der Waals surface area contributed by atoms with Crippen LogP contribution in [0.25, 0.3) is 0 Å². The van der Waals surface area contributed by atoms with Crippen molar-refractivity contribution in [3.63, 3.8) is 0 Å². The van der Waals surface area contributed by atoms with E-state index in [-0.39, 0.29) is 73.3 Å². The molecule has 6 rings (SSSR count). The van der Waals surface area contributed by atoms with Gasteiger partial charge in [0.15, 0.2) is 0 Å². The molecule has 0 aromatic heterocycles. The molecule has 0 unspecified atom stereocenters. The average molecular weight is 660 g/mol. The maximum absolute atomic E-state index is 6.10. The molecular weight excluding hydrogens is 604 g/mol. The molecule has 0 atom stereocenters. The van der Waals surface area contributed by atoms with Gasteiger partial charge in [-0.1, -0.05) is 48.5 Å². The summed E-state index contributed by atoms with van der Waals surface area (Å²) in [7, 11) is -1.38. The molecule has 0 bridgehead atoms. The number of hydrogen-bond acceptors (Lipinski definition) is 8. The highest BCUT2D eigenvalue weighted by Crippen LogP contribution is 2.39. The zero-order valence-corrected chi connectivity index (χ0v) is 32.2. The predicted molar refractivity (Wildman–Crippen MR) is 196 cm³/mol.